The molecule has 6 nitrogen and oxygen atoms in total. The molecule has 2 N–H and O–H groups in total. The molecule has 1 heterocycles. The fourth-order valence-corrected chi connectivity index (χ4v) is 4.87. The van der Waals surface area contributed by atoms with Gasteiger partial charge in [-0.3, -0.25) is 14.4 Å². The van der Waals surface area contributed by atoms with Crippen molar-refractivity contribution in [3.63, 3.8) is 0 Å². The second kappa shape index (κ2) is 8.31. The highest BCUT2D eigenvalue weighted by molar-refractivity contribution is 5.69. The minimum atomic E-state index is -0.695. The summed E-state index contributed by atoms with van der Waals surface area (Å²) in [5.74, 6) is 0.680. The molecule has 150 valence electrons. The van der Waals surface area contributed by atoms with Gasteiger partial charge < -0.3 is 10.4 Å². The van der Waals surface area contributed by atoms with E-state index in [1.165, 1.54) is 56.2 Å². The number of aryl methyl sites for hydroxylation is 1. The summed E-state index contributed by atoms with van der Waals surface area (Å²) in [4.78, 5) is 13.4. The van der Waals surface area contributed by atoms with Gasteiger partial charge in [-0.25, -0.2) is 0 Å². The maximum atomic E-state index is 11.2. The van der Waals surface area contributed by atoms with Gasteiger partial charge in [0.2, 0.25) is 0 Å². The van der Waals surface area contributed by atoms with Crippen molar-refractivity contribution in [1.29, 1.82) is 0 Å². The molecule has 1 aromatic heterocycles. The molecule has 0 amide bonds. The lowest BCUT2D eigenvalue weighted by Gasteiger charge is -2.43. The Labute approximate surface area is 162 Å². The predicted molar refractivity (Wildman–Crippen MR) is 105 cm³/mol. The maximum absolute atomic E-state index is 11.2. The van der Waals surface area contributed by atoms with Crippen molar-refractivity contribution < 1.29 is 9.90 Å². The van der Waals surface area contributed by atoms with Crippen LogP contribution < -0.4 is 5.32 Å². The number of rotatable bonds is 9. The summed E-state index contributed by atoms with van der Waals surface area (Å²) in [6, 6.07) is 0.941. The van der Waals surface area contributed by atoms with E-state index in [2.05, 4.69) is 16.4 Å². The van der Waals surface area contributed by atoms with E-state index in [0.717, 1.165) is 31.8 Å². The molecule has 0 spiro atoms. The zero-order valence-electron chi connectivity index (χ0n) is 16.6. The van der Waals surface area contributed by atoms with Crippen molar-refractivity contribution in [3.8, 4) is 0 Å². The summed E-state index contributed by atoms with van der Waals surface area (Å²) in [7, 11) is 2.02. The fourth-order valence-electron chi connectivity index (χ4n) is 4.87. The summed E-state index contributed by atoms with van der Waals surface area (Å²) in [6.07, 6.45) is 13.5. The Morgan fingerprint density at radius 3 is 2.67 bits per heavy atom. The normalized spacial score (nSPS) is 26.3. The Balaban J connectivity index is 1.27. The molecular formula is C21H34N4O2. The van der Waals surface area contributed by atoms with Crippen LogP contribution in [0.25, 0.3) is 0 Å². The summed E-state index contributed by atoms with van der Waals surface area (Å²) in [6.45, 7) is 2.05. The molecule has 3 aliphatic carbocycles. The number of nitrogens with zero attached hydrogens (tertiary/aromatic N) is 3. The van der Waals surface area contributed by atoms with E-state index in [0.29, 0.717) is 18.0 Å². The summed E-state index contributed by atoms with van der Waals surface area (Å²) in [5.41, 5.74) is 2.66. The Morgan fingerprint density at radius 2 is 2.00 bits per heavy atom. The number of hydrogen-bond donors (Lipinski definition) is 2. The molecule has 4 rings (SSSR count). The minimum absolute atomic E-state index is 0.197. The molecule has 0 atom stereocenters. The summed E-state index contributed by atoms with van der Waals surface area (Å²) in [5, 5.41) is 17.7. The number of carboxylic acid groups (broad SMARTS) is 1. The highest BCUT2D eigenvalue weighted by Crippen LogP contribution is 2.35. The first-order valence-electron chi connectivity index (χ1n) is 10.8. The number of aliphatic carboxylic acids is 1. The number of aromatic nitrogens is 2. The topological polar surface area (TPSA) is 70.4 Å². The van der Waals surface area contributed by atoms with Crippen molar-refractivity contribution in [2.24, 2.45) is 13.0 Å². The van der Waals surface area contributed by atoms with Crippen LogP contribution in [-0.4, -0.2) is 50.9 Å². The van der Waals surface area contributed by atoms with Crippen LogP contribution in [0.1, 0.15) is 75.0 Å². The van der Waals surface area contributed by atoms with Gasteiger partial charge in [0.25, 0.3) is 0 Å². The van der Waals surface area contributed by atoms with Crippen LogP contribution in [0.15, 0.2) is 6.20 Å². The number of hydrogen-bond acceptors (Lipinski definition) is 4. The van der Waals surface area contributed by atoms with Gasteiger partial charge in [0.05, 0.1) is 12.2 Å². The SMILES string of the molecule is Cn1cc(CNC2CC(N(CC(=O)O)CC3CC3)C2)c(C2CCCCC2)n1. The van der Waals surface area contributed by atoms with Gasteiger partial charge in [-0.2, -0.15) is 5.10 Å². The van der Waals surface area contributed by atoms with Crippen LogP contribution in [0.4, 0.5) is 0 Å². The first-order valence-corrected chi connectivity index (χ1v) is 10.8. The molecule has 3 fully saturated rings. The molecule has 0 aromatic carbocycles. The van der Waals surface area contributed by atoms with E-state index in [4.69, 9.17) is 5.10 Å². The van der Waals surface area contributed by atoms with Crippen LogP contribution in [0.2, 0.25) is 0 Å². The van der Waals surface area contributed by atoms with E-state index in [9.17, 15) is 9.90 Å². The smallest absolute Gasteiger partial charge is 0.317 e. The number of carboxylic acids is 1. The second-order valence-electron chi connectivity index (χ2n) is 9.02. The zero-order valence-corrected chi connectivity index (χ0v) is 16.6. The molecule has 0 bridgehead atoms. The first kappa shape index (κ1) is 18.9. The van der Waals surface area contributed by atoms with Crippen molar-refractivity contribution in [2.75, 3.05) is 13.1 Å². The Bertz CT molecular complexity index is 643. The van der Waals surface area contributed by atoms with Gasteiger partial charge in [-0.1, -0.05) is 19.3 Å². The molecule has 6 heteroatoms. The number of carbonyl (C=O) groups is 1. The maximum Gasteiger partial charge on any atom is 0.317 e. The molecule has 0 aliphatic heterocycles. The molecule has 0 saturated heterocycles. The quantitative estimate of drug-likeness (QED) is 0.695. The average Bonchev–Trinajstić information content (AvgIpc) is 3.34. The summed E-state index contributed by atoms with van der Waals surface area (Å²) >= 11 is 0. The van der Waals surface area contributed by atoms with E-state index < -0.39 is 5.97 Å². The lowest BCUT2D eigenvalue weighted by molar-refractivity contribution is -0.139. The lowest BCUT2D eigenvalue weighted by atomic mass is 9.84. The largest absolute Gasteiger partial charge is 0.480 e. The lowest BCUT2D eigenvalue weighted by Crippen LogP contribution is -2.54. The van der Waals surface area contributed by atoms with E-state index >= 15 is 0 Å². The molecule has 0 unspecified atom stereocenters. The molecule has 0 radical (unpaired) electrons. The van der Waals surface area contributed by atoms with E-state index in [1.54, 1.807) is 0 Å². The predicted octanol–water partition coefficient (Wildman–Crippen LogP) is 2.89. The number of nitrogens with one attached hydrogen (secondary N) is 1. The third-order valence-corrected chi connectivity index (χ3v) is 6.67. The molecular weight excluding hydrogens is 340 g/mol. The first-order chi connectivity index (χ1) is 13.1. The van der Waals surface area contributed by atoms with Crippen molar-refractivity contribution in [1.82, 2.24) is 20.0 Å². The molecule has 3 saturated carbocycles. The zero-order chi connectivity index (χ0) is 18.8. The van der Waals surface area contributed by atoms with Gasteiger partial charge in [0.15, 0.2) is 0 Å². The Hall–Kier alpha value is -1.40. The molecule has 27 heavy (non-hydrogen) atoms. The average molecular weight is 375 g/mol. The minimum Gasteiger partial charge on any atom is -0.480 e. The van der Waals surface area contributed by atoms with Crippen molar-refractivity contribution in [3.05, 3.63) is 17.5 Å². The monoisotopic (exact) mass is 374 g/mol. The van der Waals surface area contributed by atoms with Gasteiger partial charge in [-0.05, 0) is 44.4 Å². The van der Waals surface area contributed by atoms with Gasteiger partial charge in [0, 0.05) is 49.9 Å². The third kappa shape index (κ3) is 4.91. The molecule has 1 aromatic rings. The van der Waals surface area contributed by atoms with Gasteiger partial charge in [0.1, 0.15) is 0 Å². The van der Waals surface area contributed by atoms with Crippen LogP contribution in [0.3, 0.4) is 0 Å². The van der Waals surface area contributed by atoms with Gasteiger partial charge in [-0.15, -0.1) is 0 Å². The second-order valence-corrected chi connectivity index (χ2v) is 9.02. The van der Waals surface area contributed by atoms with Crippen LogP contribution in [0, 0.1) is 5.92 Å². The Morgan fingerprint density at radius 1 is 1.26 bits per heavy atom. The van der Waals surface area contributed by atoms with Gasteiger partial charge >= 0.3 is 5.97 Å². The van der Waals surface area contributed by atoms with E-state index in [-0.39, 0.29) is 6.54 Å². The highest BCUT2D eigenvalue weighted by Gasteiger charge is 2.37. The van der Waals surface area contributed by atoms with Crippen LogP contribution in [-0.2, 0) is 18.4 Å². The fraction of sp³-hybridized carbons (Fsp3) is 0.810. The van der Waals surface area contributed by atoms with Crippen molar-refractivity contribution >= 4 is 5.97 Å². The summed E-state index contributed by atoms with van der Waals surface area (Å²) < 4.78 is 1.97. The van der Waals surface area contributed by atoms with E-state index in [1.807, 2.05) is 11.7 Å². The van der Waals surface area contributed by atoms with Crippen LogP contribution in [0.5, 0.6) is 0 Å². The Kier molecular flexibility index (Phi) is 5.83. The third-order valence-electron chi connectivity index (χ3n) is 6.67. The standard InChI is InChI=1S/C21H34N4O2/c1-24-13-17(21(23-24)16-5-3-2-4-6-16)11-22-18-9-19(10-18)25(14-20(26)27)12-15-7-8-15/h13,15-16,18-19,22H,2-12,14H2,1H3,(H,26,27). The van der Waals surface area contributed by atoms with Crippen molar-refractivity contribution in [2.45, 2.75) is 82.3 Å². The van der Waals surface area contributed by atoms with Crippen LogP contribution >= 0.6 is 0 Å². The molecule has 3 aliphatic rings. The highest BCUT2D eigenvalue weighted by atomic mass is 16.4.